The van der Waals surface area contributed by atoms with Crippen LogP contribution in [0.2, 0.25) is 0 Å². The standard InChI is InChI=1S/C28H27BN6O/c1-19-26(29)27-32-24(20-8-4-3-5-9-20)18-25(35(27)33-19)31-23-13-11-21(12-14-23)28(36)34(2)17-15-22-10-6-7-16-30-22/h3-14,16,18,31H,15,17,29H2,1-2H3. The van der Waals surface area contributed by atoms with Gasteiger partial charge >= 0.3 is 0 Å². The van der Waals surface area contributed by atoms with Gasteiger partial charge in [-0.2, -0.15) is 9.61 Å². The predicted octanol–water partition coefficient (Wildman–Crippen LogP) is 3.42. The number of nitrogens with one attached hydrogen (secondary N) is 1. The first-order valence-electron chi connectivity index (χ1n) is 11.9. The van der Waals surface area contributed by atoms with Crippen LogP contribution in [0.3, 0.4) is 0 Å². The van der Waals surface area contributed by atoms with Gasteiger partial charge in [-0.25, -0.2) is 4.98 Å². The van der Waals surface area contributed by atoms with E-state index in [1.165, 1.54) is 0 Å². The molecule has 1 amide bonds. The van der Waals surface area contributed by atoms with Gasteiger partial charge in [0.05, 0.1) is 11.4 Å². The highest BCUT2D eigenvalue weighted by Crippen LogP contribution is 2.24. The Labute approximate surface area is 211 Å². The Morgan fingerprint density at radius 3 is 2.50 bits per heavy atom. The molecular weight excluding hydrogens is 447 g/mol. The molecule has 0 aliphatic heterocycles. The molecule has 5 rings (SSSR count). The van der Waals surface area contributed by atoms with E-state index in [4.69, 9.17) is 4.98 Å². The zero-order valence-corrected chi connectivity index (χ0v) is 20.6. The topological polar surface area (TPSA) is 75.4 Å². The van der Waals surface area contributed by atoms with Crippen molar-refractivity contribution in [2.24, 2.45) is 0 Å². The maximum absolute atomic E-state index is 12.9. The van der Waals surface area contributed by atoms with Gasteiger partial charge in [0.2, 0.25) is 0 Å². The van der Waals surface area contributed by atoms with E-state index in [-0.39, 0.29) is 5.91 Å². The second-order valence-corrected chi connectivity index (χ2v) is 8.84. The summed E-state index contributed by atoms with van der Waals surface area (Å²) >= 11 is 0. The van der Waals surface area contributed by atoms with Crippen LogP contribution < -0.4 is 10.8 Å². The number of carbonyl (C=O) groups excluding carboxylic acids is 1. The Balaban J connectivity index is 1.36. The Morgan fingerprint density at radius 1 is 1.03 bits per heavy atom. The second kappa shape index (κ2) is 10.0. The number of anilines is 2. The highest BCUT2D eigenvalue weighted by atomic mass is 16.2. The number of rotatable bonds is 7. The number of hydrogen-bond donors (Lipinski definition) is 1. The van der Waals surface area contributed by atoms with Crippen molar-refractivity contribution in [2.75, 3.05) is 18.9 Å². The molecule has 36 heavy (non-hydrogen) atoms. The lowest BCUT2D eigenvalue weighted by atomic mass is 9.96. The van der Waals surface area contributed by atoms with Gasteiger partial charge in [0.25, 0.3) is 5.91 Å². The van der Waals surface area contributed by atoms with Crippen LogP contribution in [0.5, 0.6) is 0 Å². The first-order valence-corrected chi connectivity index (χ1v) is 11.9. The highest BCUT2D eigenvalue weighted by Gasteiger charge is 2.15. The molecule has 7 nitrogen and oxygen atoms in total. The molecular formula is C28H27BN6O. The molecule has 8 heteroatoms. The Morgan fingerprint density at radius 2 is 1.78 bits per heavy atom. The predicted molar refractivity (Wildman–Crippen MR) is 146 cm³/mol. The first-order chi connectivity index (χ1) is 17.5. The quantitative estimate of drug-likeness (QED) is 0.366. The minimum atomic E-state index is -0.0199. The highest BCUT2D eigenvalue weighted by molar-refractivity contribution is 6.37. The summed E-state index contributed by atoms with van der Waals surface area (Å²) in [6.45, 7) is 2.59. The molecule has 0 saturated heterocycles. The van der Waals surface area contributed by atoms with E-state index >= 15 is 0 Å². The van der Waals surface area contributed by atoms with Crippen molar-refractivity contribution in [1.82, 2.24) is 24.5 Å². The molecule has 5 aromatic rings. The Kier molecular flexibility index (Phi) is 6.49. The van der Waals surface area contributed by atoms with E-state index in [0.717, 1.165) is 45.3 Å². The molecule has 0 bridgehead atoms. The number of benzene rings is 2. The van der Waals surface area contributed by atoms with E-state index in [2.05, 4.69) is 15.4 Å². The molecule has 0 spiro atoms. The fourth-order valence-corrected chi connectivity index (χ4v) is 4.07. The number of fused-ring (bicyclic) bond motifs is 1. The maximum atomic E-state index is 12.9. The van der Waals surface area contributed by atoms with Crippen LogP contribution in [0.15, 0.2) is 85.1 Å². The van der Waals surface area contributed by atoms with Crippen LogP contribution in [0, 0.1) is 6.92 Å². The van der Waals surface area contributed by atoms with Crippen LogP contribution in [0.4, 0.5) is 11.5 Å². The molecule has 3 heterocycles. The Bertz CT molecular complexity index is 1500. The summed E-state index contributed by atoms with van der Waals surface area (Å²) in [6.07, 6.45) is 2.49. The number of aromatic nitrogens is 4. The average Bonchev–Trinajstić information content (AvgIpc) is 3.22. The van der Waals surface area contributed by atoms with Crippen molar-refractivity contribution >= 4 is 36.4 Å². The summed E-state index contributed by atoms with van der Waals surface area (Å²) in [5, 5.41) is 8.15. The van der Waals surface area contributed by atoms with Crippen LogP contribution in [-0.4, -0.2) is 51.8 Å². The van der Waals surface area contributed by atoms with E-state index in [0.29, 0.717) is 18.5 Å². The number of hydrogen-bond acceptors (Lipinski definition) is 5. The number of amides is 1. The lowest BCUT2D eigenvalue weighted by molar-refractivity contribution is 0.0796. The maximum Gasteiger partial charge on any atom is 0.253 e. The minimum Gasteiger partial charge on any atom is -0.341 e. The van der Waals surface area contributed by atoms with Crippen molar-refractivity contribution in [3.8, 4) is 11.3 Å². The average molecular weight is 474 g/mol. The minimum absolute atomic E-state index is 0.0199. The van der Waals surface area contributed by atoms with Crippen molar-refractivity contribution in [3.05, 3.63) is 102 Å². The van der Waals surface area contributed by atoms with Gasteiger partial charge in [0.15, 0.2) is 5.65 Å². The molecule has 178 valence electrons. The normalized spacial score (nSPS) is 10.9. The number of nitrogens with zero attached hydrogens (tertiary/aromatic N) is 5. The van der Waals surface area contributed by atoms with E-state index in [1.54, 1.807) is 11.1 Å². The van der Waals surface area contributed by atoms with E-state index < -0.39 is 0 Å². The van der Waals surface area contributed by atoms with E-state index in [9.17, 15) is 4.79 Å². The molecule has 2 aromatic carbocycles. The molecule has 0 aliphatic carbocycles. The fraction of sp³-hybridized carbons (Fsp3) is 0.143. The summed E-state index contributed by atoms with van der Waals surface area (Å²) in [5.41, 5.74) is 7.18. The van der Waals surface area contributed by atoms with Crippen molar-refractivity contribution in [3.63, 3.8) is 0 Å². The molecule has 1 N–H and O–H groups in total. The van der Waals surface area contributed by atoms with Crippen LogP contribution >= 0.6 is 0 Å². The first kappa shape index (κ1) is 23.3. The Hall–Kier alpha value is -4.46. The van der Waals surface area contributed by atoms with Gasteiger partial charge in [-0.3, -0.25) is 9.78 Å². The van der Waals surface area contributed by atoms with E-state index in [1.807, 2.05) is 105 Å². The van der Waals surface area contributed by atoms with Gasteiger partial charge in [0, 0.05) is 54.8 Å². The van der Waals surface area contributed by atoms with Crippen molar-refractivity contribution in [2.45, 2.75) is 13.3 Å². The third-order valence-electron chi connectivity index (χ3n) is 6.31. The summed E-state index contributed by atoms with van der Waals surface area (Å²) in [4.78, 5) is 23.8. The van der Waals surface area contributed by atoms with Crippen LogP contribution in [0.25, 0.3) is 16.9 Å². The van der Waals surface area contributed by atoms with Gasteiger partial charge in [-0.1, -0.05) is 36.4 Å². The SMILES string of the molecule is Bc1c(C)nn2c(Nc3ccc(C(=O)N(C)CCc4ccccn4)cc3)cc(-c3ccccc3)nc12. The van der Waals surface area contributed by atoms with Gasteiger partial charge in [-0.05, 0) is 48.8 Å². The fourth-order valence-electron chi connectivity index (χ4n) is 4.07. The summed E-state index contributed by atoms with van der Waals surface area (Å²) in [7, 11) is 3.85. The number of likely N-dealkylation sites (N-methyl/N-ethyl adjacent to an activating group) is 1. The zero-order valence-electron chi connectivity index (χ0n) is 20.6. The lowest BCUT2D eigenvalue weighted by Crippen LogP contribution is -2.28. The molecule has 0 fully saturated rings. The van der Waals surface area contributed by atoms with Crippen molar-refractivity contribution in [1.29, 1.82) is 0 Å². The number of pyridine rings is 1. The van der Waals surface area contributed by atoms with Crippen LogP contribution in [0.1, 0.15) is 21.7 Å². The number of carbonyl (C=O) groups is 1. The summed E-state index contributed by atoms with van der Waals surface area (Å²) < 4.78 is 1.83. The van der Waals surface area contributed by atoms with Crippen LogP contribution in [-0.2, 0) is 6.42 Å². The largest absolute Gasteiger partial charge is 0.341 e. The summed E-state index contributed by atoms with van der Waals surface area (Å²) in [6, 6.07) is 25.4. The summed E-state index contributed by atoms with van der Waals surface area (Å²) in [5.74, 6) is 0.787. The van der Waals surface area contributed by atoms with Gasteiger partial charge in [-0.15, -0.1) is 0 Å². The zero-order chi connectivity index (χ0) is 25.1. The lowest BCUT2D eigenvalue weighted by Gasteiger charge is -2.17. The third kappa shape index (κ3) is 4.84. The molecule has 0 atom stereocenters. The number of aryl methyl sites for hydroxylation is 1. The van der Waals surface area contributed by atoms with Gasteiger partial charge < -0.3 is 10.2 Å². The molecule has 0 aliphatic rings. The molecule has 3 aromatic heterocycles. The second-order valence-electron chi connectivity index (χ2n) is 8.84. The monoisotopic (exact) mass is 474 g/mol. The molecule has 0 saturated carbocycles. The van der Waals surface area contributed by atoms with Crippen molar-refractivity contribution < 1.29 is 4.79 Å². The van der Waals surface area contributed by atoms with Gasteiger partial charge in [0.1, 0.15) is 13.7 Å². The smallest absolute Gasteiger partial charge is 0.253 e. The molecule has 0 unspecified atom stereocenters. The third-order valence-corrected chi connectivity index (χ3v) is 6.31. The molecule has 0 radical (unpaired) electrons.